The Morgan fingerprint density at radius 2 is 2.19 bits per heavy atom. The molecule has 2 atom stereocenters. The minimum atomic E-state index is -0.560. The number of morpholine rings is 1. The van der Waals surface area contributed by atoms with E-state index in [1.807, 2.05) is 6.92 Å². The van der Waals surface area contributed by atoms with Crippen molar-refractivity contribution in [1.29, 1.82) is 0 Å². The summed E-state index contributed by atoms with van der Waals surface area (Å²) in [6.45, 7) is 11.8. The minimum absolute atomic E-state index is 0.0834. The number of ether oxygens (including phenoxy) is 2. The number of carbonyl (C=O) groups excluding carboxylic acids is 1. The molecule has 21 heavy (non-hydrogen) atoms. The van der Waals surface area contributed by atoms with Gasteiger partial charge in [0.05, 0.1) is 19.8 Å². The van der Waals surface area contributed by atoms with Crippen LogP contribution in [-0.4, -0.2) is 61.4 Å². The maximum absolute atomic E-state index is 12.7. The molecule has 2 rings (SSSR count). The molecule has 0 bridgehead atoms. The normalized spacial score (nSPS) is 26.6. The highest BCUT2D eigenvalue weighted by Crippen LogP contribution is 2.41. The van der Waals surface area contributed by atoms with E-state index in [4.69, 9.17) is 9.47 Å². The Morgan fingerprint density at radius 3 is 2.71 bits per heavy atom. The van der Waals surface area contributed by atoms with Crippen molar-refractivity contribution in [3.8, 4) is 0 Å². The average molecular weight is 298 g/mol. The lowest BCUT2D eigenvalue weighted by molar-refractivity contribution is -0.155. The van der Waals surface area contributed by atoms with Crippen LogP contribution < -0.4 is 5.32 Å². The predicted molar refractivity (Wildman–Crippen MR) is 82.2 cm³/mol. The molecule has 0 aromatic rings. The van der Waals surface area contributed by atoms with Crippen LogP contribution in [0.4, 0.5) is 0 Å². The van der Waals surface area contributed by atoms with Crippen molar-refractivity contribution in [3.63, 3.8) is 0 Å². The second-order valence-electron chi connectivity index (χ2n) is 6.66. The summed E-state index contributed by atoms with van der Waals surface area (Å²) in [6, 6.07) is 0.603. The van der Waals surface area contributed by atoms with E-state index in [-0.39, 0.29) is 12.0 Å². The molecule has 0 amide bonds. The van der Waals surface area contributed by atoms with Crippen molar-refractivity contribution in [3.05, 3.63) is 0 Å². The Labute approximate surface area is 128 Å². The molecule has 2 aliphatic rings. The molecule has 2 fully saturated rings. The third-order valence-corrected chi connectivity index (χ3v) is 4.42. The molecule has 5 nitrogen and oxygen atoms in total. The molecule has 0 aromatic carbocycles. The third-order valence-electron chi connectivity index (χ3n) is 4.42. The van der Waals surface area contributed by atoms with Gasteiger partial charge in [-0.2, -0.15) is 0 Å². The molecule has 2 unspecified atom stereocenters. The second kappa shape index (κ2) is 7.07. The molecular formula is C16H30N2O3. The van der Waals surface area contributed by atoms with Crippen molar-refractivity contribution in [2.24, 2.45) is 5.92 Å². The first-order valence-corrected chi connectivity index (χ1v) is 8.26. The smallest absolute Gasteiger partial charge is 0.327 e. The van der Waals surface area contributed by atoms with Gasteiger partial charge in [-0.05, 0) is 46.5 Å². The standard InChI is InChI=1S/C16H30N2O3/c1-5-21-15(19)16(14-6-7-14,17-12(2)3)11-18-8-9-20-10-13(18)4/h12-14,17H,5-11H2,1-4H3. The topological polar surface area (TPSA) is 50.8 Å². The summed E-state index contributed by atoms with van der Waals surface area (Å²) in [6.07, 6.45) is 2.22. The van der Waals surface area contributed by atoms with Gasteiger partial charge in [0, 0.05) is 25.2 Å². The Hall–Kier alpha value is -0.650. The number of hydrogen-bond donors (Lipinski definition) is 1. The van der Waals surface area contributed by atoms with E-state index in [9.17, 15) is 4.79 Å². The van der Waals surface area contributed by atoms with Gasteiger partial charge in [-0.1, -0.05) is 0 Å². The van der Waals surface area contributed by atoms with E-state index in [0.717, 1.165) is 39.1 Å². The van der Waals surface area contributed by atoms with Gasteiger partial charge in [0.15, 0.2) is 0 Å². The highest BCUT2D eigenvalue weighted by Gasteiger charge is 2.53. The van der Waals surface area contributed by atoms with Gasteiger partial charge in [0.1, 0.15) is 5.54 Å². The largest absolute Gasteiger partial charge is 0.465 e. The predicted octanol–water partition coefficient (Wildman–Crippen LogP) is 1.42. The van der Waals surface area contributed by atoms with Crippen molar-refractivity contribution in [2.45, 2.75) is 58.2 Å². The molecule has 0 aromatic heterocycles. The molecule has 1 saturated heterocycles. The monoisotopic (exact) mass is 298 g/mol. The van der Waals surface area contributed by atoms with Crippen LogP contribution in [0.25, 0.3) is 0 Å². The van der Waals surface area contributed by atoms with E-state index in [2.05, 4.69) is 31.0 Å². The molecule has 1 heterocycles. The highest BCUT2D eigenvalue weighted by atomic mass is 16.5. The number of nitrogens with zero attached hydrogens (tertiary/aromatic N) is 1. The van der Waals surface area contributed by atoms with Crippen LogP contribution in [0, 0.1) is 5.92 Å². The average Bonchev–Trinajstić information content (AvgIpc) is 3.25. The maximum atomic E-state index is 12.7. The number of hydrogen-bond acceptors (Lipinski definition) is 5. The van der Waals surface area contributed by atoms with Crippen LogP contribution in [0.5, 0.6) is 0 Å². The second-order valence-corrected chi connectivity index (χ2v) is 6.66. The van der Waals surface area contributed by atoms with Crippen LogP contribution in [0.2, 0.25) is 0 Å². The molecule has 0 radical (unpaired) electrons. The van der Waals surface area contributed by atoms with Gasteiger partial charge in [-0.15, -0.1) is 0 Å². The zero-order chi connectivity index (χ0) is 15.5. The number of esters is 1. The van der Waals surface area contributed by atoms with E-state index >= 15 is 0 Å². The lowest BCUT2D eigenvalue weighted by Crippen LogP contribution is -2.65. The zero-order valence-electron chi connectivity index (χ0n) is 13.9. The molecule has 0 spiro atoms. The summed E-state index contributed by atoms with van der Waals surface area (Å²) in [5.74, 6) is 0.314. The lowest BCUT2D eigenvalue weighted by Gasteiger charge is -2.42. The molecule has 1 N–H and O–H groups in total. The quantitative estimate of drug-likeness (QED) is 0.720. The van der Waals surface area contributed by atoms with Crippen molar-refractivity contribution in [2.75, 3.05) is 32.9 Å². The van der Waals surface area contributed by atoms with Crippen molar-refractivity contribution >= 4 is 5.97 Å². The van der Waals surface area contributed by atoms with Gasteiger partial charge in [0.25, 0.3) is 0 Å². The molecule has 5 heteroatoms. The summed E-state index contributed by atoms with van der Waals surface area (Å²) >= 11 is 0. The fraction of sp³-hybridized carbons (Fsp3) is 0.938. The lowest BCUT2D eigenvalue weighted by atomic mass is 9.90. The molecule has 1 aliphatic heterocycles. The highest BCUT2D eigenvalue weighted by molar-refractivity contribution is 5.82. The summed E-state index contributed by atoms with van der Waals surface area (Å²) in [7, 11) is 0. The molecule has 122 valence electrons. The maximum Gasteiger partial charge on any atom is 0.327 e. The minimum Gasteiger partial charge on any atom is -0.465 e. The SMILES string of the molecule is CCOC(=O)C(CN1CCOCC1C)(NC(C)C)C1CC1. The fourth-order valence-electron chi connectivity index (χ4n) is 3.25. The van der Waals surface area contributed by atoms with E-state index in [1.165, 1.54) is 0 Å². The summed E-state index contributed by atoms with van der Waals surface area (Å²) < 4.78 is 10.9. The Balaban J connectivity index is 2.18. The first kappa shape index (κ1) is 16.7. The first-order valence-electron chi connectivity index (χ1n) is 8.26. The third kappa shape index (κ3) is 3.96. The van der Waals surface area contributed by atoms with Gasteiger partial charge in [-0.25, -0.2) is 4.79 Å². The van der Waals surface area contributed by atoms with Gasteiger partial charge >= 0.3 is 5.97 Å². The number of rotatable bonds is 7. The van der Waals surface area contributed by atoms with Gasteiger partial charge < -0.3 is 9.47 Å². The van der Waals surface area contributed by atoms with Gasteiger partial charge in [0.2, 0.25) is 0 Å². The Bertz CT molecular complexity index is 357. The van der Waals surface area contributed by atoms with E-state index < -0.39 is 5.54 Å². The van der Waals surface area contributed by atoms with Gasteiger partial charge in [-0.3, -0.25) is 10.2 Å². The Kier molecular flexibility index (Phi) is 5.63. The summed E-state index contributed by atoms with van der Waals surface area (Å²) in [5, 5.41) is 3.55. The van der Waals surface area contributed by atoms with Crippen LogP contribution in [0.3, 0.4) is 0 Å². The number of nitrogens with one attached hydrogen (secondary N) is 1. The number of carbonyl (C=O) groups is 1. The van der Waals surface area contributed by atoms with E-state index in [1.54, 1.807) is 0 Å². The van der Waals surface area contributed by atoms with Crippen LogP contribution in [0.15, 0.2) is 0 Å². The summed E-state index contributed by atoms with van der Waals surface area (Å²) in [4.78, 5) is 15.1. The molecule has 1 saturated carbocycles. The van der Waals surface area contributed by atoms with Crippen LogP contribution in [-0.2, 0) is 14.3 Å². The zero-order valence-corrected chi connectivity index (χ0v) is 13.9. The van der Waals surface area contributed by atoms with Crippen LogP contribution in [0.1, 0.15) is 40.5 Å². The van der Waals surface area contributed by atoms with Crippen molar-refractivity contribution < 1.29 is 14.3 Å². The van der Waals surface area contributed by atoms with E-state index in [0.29, 0.717) is 18.6 Å². The first-order chi connectivity index (χ1) is 9.99. The molecule has 1 aliphatic carbocycles. The molecular weight excluding hydrogens is 268 g/mol. The van der Waals surface area contributed by atoms with Crippen molar-refractivity contribution in [1.82, 2.24) is 10.2 Å². The van der Waals surface area contributed by atoms with Crippen LogP contribution >= 0.6 is 0 Å². The summed E-state index contributed by atoms with van der Waals surface area (Å²) in [5.41, 5.74) is -0.560. The fourth-order valence-corrected chi connectivity index (χ4v) is 3.25. The Morgan fingerprint density at radius 1 is 1.48 bits per heavy atom.